The van der Waals surface area contributed by atoms with Gasteiger partial charge >= 0.3 is 5.97 Å². The van der Waals surface area contributed by atoms with Crippen molar-refractivity contribution in [1.29, 1.82) is 5.41 Å². The van der Waals surface area contributed by atoms with E-state index in [4.69, 9.17) is 5.41 Å². The number of carbonyl (C=O) groups is 1. The Balaban J connectivity index is 2.72. The van der Waals surface area contributed by atoms with Crippen molar-refractivity contribution < 1.29 is 9.53 Å². The first kappa shape index (κ1) is 8.00. The van der Waals surface area contributed by atoms with Gasteiger partial charge in [0.15, 0.2) is 4.80 Å². The number of nitrogens with one attached hydrogen (secondary N) is 1. The van der Waals surface area contributed by atoms with E-state index in [-0.39, 0.29) is 12.5 Å². The third-order valence-electron chi connectivity index (χ3n) is 1.21. The lowest BCUT2D eigenvalue weighted by Crippen LogP contribution is -2.19. The first-order chi connectivity index (χ1) is 5.24. The highest BCUT2D eigenvalue weighted by molar-refractivity contribution is 7.06. The molecule has 1 aromatic rings. The zero-order valence-electron chi connectivity index (χ0n) is 6.03. The minimum Gasteiger partial charge on any atom is -0.468 e. The van der Waals surface area contributed by atoms with E-state index in [1.165, 1.54) is 23.0 Å². The molecular weight excluding hydrogens is 164 g/mol. The number of esters is 1. The molecule has 0 aliphatic rings. The van der Waals surface area contributed by atoms with Crippen LogP contribution in [0.2, 0.25) is 0 Å². The van der Waals surface area contributed by atoms with Crippen molar-refractivity contribution in [2.75, 3.05) is 7.11 Å². The standard InChI is InChI=1S/C6H8N2O2S/c1-10-5(9)4-8-2-3-11-6(8)7/h2-3,7H,4H2,1H3. The Hall–Kier alpha value is -1.10. The number of hydrogen-bond donors (Lipinski definition) is 1. The van der Waals surface area contributed by atoms with E-state index in [1.54, 1.807) is 11.6 Å². The number of nitrogens with zero attached hydrogens (tertiary/aromatic N) is 1. The minimum absolute atomic E-state index is 0.124. The number of rotatable bonds is 2. The lowest BCUT2D eigenvalue weighted by molar-refractivity contribution is -0.141. The van der Waals surface area contributed by atoms with E-state index in [2.05, 4.69) is 4.74 Å². The molecule has 0 amide bonds. The van der Waals surface area contributed by atoms with Gasteiger partial charge in [-0.05, 0) is 0 Å². The van der Waals surface area contributed by atoms with Gasteiger partial charge in [-0.3, -0.25) is 10.2 Å². The number of methoxy groups -OCH3 is 1. The molecule has 1 aromatic heterocycles. The van der Waals surface area contributed by atoms with Crippen LogP contribution in [0.5, 0.6) is 0 Å². The second kappa shape index (κ2) is 3.34. The summed E-state index contributed by atoms with van der Waals surface area (Å²) >= 11 is 1.28. The summed E-state index contributed by atoms with van der Waals surface area (Å²) in [7, 11) is 1.33. The summed E-state index contributed by atoms with van der Waals surface area (Å²) in [6.07, 6.45) is 1.68. The average Bonchev–Trinajstić information content (AvgIpc) is 2.37. The van der Waals surface area contributed by atoms with Crippen molar-refractivity contribution >= 4 is 17.3 Å². The lowest BCUT2D eigenvalue weighted by Gasteiger charge is -1.98. The maximum absolute atomic E-state index is 10.7. The normalized spacial score (nSPS) is 9.55. The van der Waals surface area contributed by atoms with E-state index in [9.17, 15) is 4.79 Å². The Morgan fingerprint density at radius 1 is 1.91 bits per heavy atom. The summed E-state index contributed by atoms with van der Waals surface area (Å²) in [5.41, 5.74) is 0. The second-order valence-corrected chi connectivity index (χ2v) is 2.81. The summed E-state index contributed by atoms with van der Waals surface area (Å²) in [5.74, 6) is -0.332. The van der Waals surface area contributed by atoms with Crippen molar-refractivity contribution in [2.24, 2.45) is 0 Å². The molecule has 60 valence electrons. The van der Waals surface area contributed by atoms with Crippen LogP contribution < -0.4 is 4.80 Å². The Bertz CT molecular complexity index is 302. The largest absolute Gasteiger partial charge is 0.468 e. The molecule has 0 aliphatic heterocycles. The maximum atomic E-state index is 10.7. The fourth-order valence-corrected chi connectivity index (χ4v) is 1.23. The molecule has 1 heterocycles. The topological polar surface area (TPSA) is 55.1 Å². The van der Waals surface area contributed by atoms with Crippen molar-refractivity contribution in [2.45, 2.75) is 6.54 Å². The molecule has 0 bridgehead atoms. The quantitative estimate of drug-likeness (QED) is 0.648. The monoisotopic (exact) mass is 172 g/mol. The molecule has 0 aromatic carbocycles. The van der Waals surface area contributed by atoms with Gasteiger partial charge in [-0.2, -0.15) is 0 Å². The van der Waals surface area contributed by atoms with Crippen molar-refractivity contribution in [1.82, 2.24) is 4.57 Å². The van der Waals surface area contributed by atoms with Crippen LogP contribution in [0.4, 0.5) is 0 Å². The molecule has 0 spiro atoms. The summed E-state index contributed by atoms with van der Waals surface area (Å²) in [6.45, 7) is 0.124. The molecule has 0 atom stereocenters. The fourth-order valence-electron chi connectivity index (χ4n) is 0.632. The van der Waals surface area contributed by atoms with Crippen LogP contribution in [-0.4, -0.2) is 17.6 Å². The van der Waals surface area contributed by atoms with Gasteiger partial charge < -0.3 is 9.30 Å². The van der Waals surface area contributed by atoms with Gasteiger partial charge in [0.2, 0.25) is 0 Å². The van der Waals surface area contributed by atoms with E-state index in [0.29, 0.717) is 4.80 Å². The predicted octanol–water partition coefficient (Wildman–Crippen LogP) is 0.202. The van der Waals surface area contributed by atoms with Crippen LogP contribution in [0, 0.1) is 5.41 Å². The highest BCUT2D eigenvalue weighted by Crippen LogP contribution is 1.89. The third kappa shape index (κ3) is 1.91. The molecule has 4 nitrogen and oxygen atoms in total. The maximum Gasteiger partial charge on any atom is 0.325 e. The highest BCUT2D eigenvalue weighted by atomic mass is 32.1. The molecule has 1 N–H and O–H groups in total. The molecule has 0 radical (unpaired) electrons. The van der Waals surface area contributed by atoms with Crippen LogP contribution in [0.3, 0.4) is 0 Å². The molecule has 0 saturated carbocycles. The van der Waals surface area contributed by atoms with Crippen LogP contribution in [-0.2, 0) is 16.1 Å². The van der Waals surface area contributed by atoms with Gasteiger partial charge in [0, 0.05) is 11.6 Å². The molecule has 1 rings (SSSR count). The second-order valence-electron chi connectivity index (χ2n) is 1.91. The van der Waals surface area contributed by atoms with Crippen molar-refractivity contribution in [3.05, 3.63) is 16.4 Å². The van der Waals surface area contributed by atoms with Gasteiger partial charge in [0.05, 0.1) is 7.11 Å². The SMILES string of the molecule is COC(=O)Cn1ccsc1=N. The molecule has 11 heavy (non-hydrogen) atoms. The number of carbonyl (C=O) groups excluding carboxylic acids is 1. The summed E-state index contributed by atoms with van der Waals surface area (Å²) in [4.78, 5) is 11.1. The van der Waals surface area contributed by atoms with E-state index < -0.39 is 0 Å². The van der Waals surface area contributed by atoms with Crippen LogP contribution in [0.1, 0.15) is 0 Å². The summed E-state index contributed by atoms with van der Waals surface area (Å²) < 4.78 is 5.96. The molecule has 0 unspecified atom stereocenters. The summed E-state index contributed by atoms with van der Waals surface area (Å²) in [5, 5.41) is 9.05. The molecule has 0 aliphatic carbocycles. The number of ether oxygens (including phenoxy) is 1. The Kier molecular flexibility index (Phi) is 2.43. The molecule has 5 heteroatoms. The van der Waals surface area contributed by atoms with E-state index in [0.717, 1.165) is 0 Å². The third-order valence-corrected chi connectivity index (χ3v) is 1.92. The molecule has 0 saturated heterocycles. The van der Waals surface area contributed by atoms with Gasteiger partial charge in [-0.1, -0.05) is 0 Å². The Morgan fingerprint density at radius 2 is 2.64 bits per heavy atom. The Morgan fingerprint density at radius 3 is 3.09 bits per heavy atom. The van der Waals surface area contributed by atoms with Crippen molar-refractivity contribution in [3.63, 3.8) is 0 Å². The number of thiazole rings is 1. The lowest BCUT2D eigenvalue weighted by atomic mass is 10.6. The van der Waals surface area contributed by atoms with Crippen LogP contribution in [0.15, 0.2) is 11.6 Å². The summed E-state index contributed by atoms with van der Waals surface area (Å²) in [6, 6.07) is 0. The number of aromatic nitrogens is 1. The Labute approximate surface area is 67.6 Å². The van der Waals surface area contributed by atoms with Crippen molar-refractivity contribution in [3.8, 4) is 0 Å². The van der Waals surface area contributed by atoms with E-state index >= 15 is 0 Å². The van der Waals surface area contributed by atoms with Crippen LogP contribution in [0.25, 0.3) is 0 Å². The molecule has 0 fully saturated rings. The van der Waals surface area contributed by atoms with E-state index in [1.807, 2.05) is 0 Å². The van der Waals surface area contributed by atoms with Gasteiger partial charge in [-0.15, -0.1) is 11.3 Å². The fraction of sp³-hybridized carbons (Fsp3) is 0.333. The van der Waals surface area contributed by atoms with Gasteiger partial charge in [0.25, 0.3) is 0 Å². The van der Waals surface area contributed by atoms with Crippen LogP contribution >= 0.6 is 11.3 Å². The van der Waals surface area contributed by atoms with Gasteiger partial charge in [0.1, 0.15) is 6.54 Å². The number of hydrogen-bond acceptors (Lipinski definition) is 4. The zero-order chi connectivity index (χ0) is 8.27. The minimum atomic E-state index is -0.332. The predicted molar refractivity (Wildman–Crippen MR) is 40.2 cm³/mol. The van der Waals surface area contributed by atoms with Gasteiger partial charge in [-0.25, -0.2) is 0 Å². The molecular formula is C6H8N2O2S. The smallest absolute Gasteiger partial charge is 0.325 e. The highest BCUT2D eigenvalue weighted by Gasteiger charge is 2.01. The first-order valence-electron chi connectivity index (χ1n) is 2.99. The zero-order valence-corrected chi connectivity index (χ0v) is 6.85. The average molecular weight is 172 g/mol. The first-order valence-corrected chi connectivity index (χ1v) is 3.87.